The predicted molar refractivity (Wildman–Crippen MR) is 100 cm³/mol. The first-order valence-electron chi connectivity index (χ1n) is 9.34. The summed E-state index contributed by atoms with van der Waals surface area (Å²) in [4.78, 5) is 23.6. The highest BCUT2D eigenvalue weighted by Crippen LogP contribution is 2.25. The van der Waals surface area contributed by atoms with Crippen molar-refractivity contribution in [3.8, 4) is 0 Å². The van der Waals surface area contributed by atoms with Crippen LogP contribution in [0.25, 0.3) is 0 Å². The fourth-order valence-corrected chi connectivity index (χ4v) is 2.83. The van der Waals surface area contributed by atoms with Gasteiger partial charge in [0.25, 0.3) is 0 Å². The van der Waals surface area contributed by atoms with Crippen LogP contribution < -0.4 is 16.0 Å². The van der Waals surface area contributed by atoms with Crippen LogP contribution in [0.15, 0.2) is 24.3 Å². The average molecular weight is 345 g/mol. The highest BCUT2D eigenvalue weighted by atomic mass is 16.2. The summed E-state index contributed by atoms with van der Waals surface area (Å²) in [6.07, 6.45) is 3.12. The molecule has 0 unspecified atom stereocenters. The van der Waals surface area contributed by atoms with E-state index in [1.807, 2.05) is 0 Å². The second-order valence-corrected chi connectivity index (χ2v) is 7.37. The molecule has 0 aliphatic heterocycles. The van der Waals surface area contributed by atoms with Crippen molar-refractivity contribution in [2.45, 2.75) is 65.0 Å². The van der Waals surface area contributed by atoms with Gasteiger partial charge in [-0.3, -0.25) is 10.1 Å². The SMILES string of the molecule is CC[C@H](C)c1ccc([C@@H](NCC(=O)NC(=O)NC2CC2)C(C)C)cc1. The van der Waals surface area contributed by atoms with Crippen molar-refractivity contribution in [3.63, 3.8) is 0 Å². The fraction of sp³-hybridized carbons (Fsp3) is 0.600. The lowest BCUT2D eigenvalue weighted by Gasteiger charge is -2.23. The van der Waals surface area contributed by atoms with E-state index in [0.29, 0.717) is 11.8 Å². The van der Waals surface area contributed by atoms with Crippen LogP contribution in [0.1, 0.15) is 70.0 Å². The smallest absolute Gasteiger partial charge is 0.321 e. The molecule has 0 spiro atoms. The standard InChI is InChI=1S/C20H31N3O2/c1-5-14(4)15-6-8-16(9-7-15)19(13(2)3)21-12-18(24)23-20(25)22-17-10-11-17/h6-9,13-14,17,19,21H,5,10-12H2,1-4H3,(H2,22,23,24,25)/t14-,19-/m0/s1. The third-order valence-electron chi connectivity index (χ3n) is 4.79. The van der Waals surface area contributed by atoms with Gasteiger partial charge in [-0.05, 0) is 42.2 Å². The van der Waals surface area contributed by atoms with Gasteiger partial charge in [-0.15, -0.1) is 0 Å². The molecule has 5 heteroatoms. The van der Waals surface area contributed by atoms with Crippen LogP contribution in [-0.4, -0.2) is 24.5 Å². The maximum absolute atomic E-state index is 12.0. The Bertz CT molecular complexity index is 579. The number of rotatable bonds is 8. The number of hydrogen-bond donors (Lipinski definition) is 3. The van der Waals surface area contributed by atoms with Crippen molar-refractivity contribution < 1.29 is 9.59 Å². The fourth-order valence-electron chi connectivity index (χ4n) is 2.83. The number of carbonyl (C=O) groups is 2. The van der Waals surface area contributed by atoms with Gasteiger partial charge in [0.1, 0.15) is 0 Å². The molecule has 1 aliphatic carbocycles. The minimum absolute atomic E-state index is 0.0724. The van der Waals surface area contributed by atoms with Gasteiger partial charge in [0.15, 0.2) is 0 Å². The number of carbonyl (C=O) groups excluding carboxylic acids is 2. The molecule has 0 heterocycles. The van der Waals surface area contributed by atoms with Crippen LogP contribution in [-0.2, 0) is 4.79 Å². The summed E-state index contributed by atoms with van der Waals surface area (Å²) >= 11 is 0. The molecule has 0 aromatic heterocycles. The maximum atomic E-state index is 12.0. The quantitative estimate of drug-likeness (QED) is 0.675. The zero-order valence-electron chi connectivity index (χ0n) is 15.8. The summed E-state index contributed by atoms with van der Waals surface area (Å²) in [5, 5.41) is 8.41. The van der Waals surface area contributed by atoms with Gasteiger partial charge in [0.05, 0.1) is 6.54 Å². The molecule has 1 saturated carbocycles. The number of benzene rings is 1. The molecule has 0 saturated heterocycles. The van der Waals surface area contributed by atoms with E-state index in [2.05, 4.69) is 67.9 Å². The number of imide groups is 1. The van der Waals surface area contributed by atoms with Crippen LogP contribution in [0.3, 0.4) is 0 Å². The minimum atomic E-state index is -0.395. The van der Waals surface area contributed by atoms with Crippen LogP contribution in [0.5, 0.6) is 0 Å². The minimum Gasteiger partial charge on any atom is -0.335 e. The zero-order valence-corrected chi connectivity index (χ0v) is 15.8. The first kappa shape index (κ1) is 19.4. The number of urea groups is 1. The Morgan fingerprint density at radius 1 is 1.08 bits per heavy atom. The summed E-state index contributed by atoms with van der Waals surface area (Å²) < 4.78 is 0. The van der Waals surface area contributed by atoms with Crippen molar-refractivity contribution >= 4 is 11.9 Å². The monoisotopic (exact) mass is 345 g/mol. The van der Waals surface area contributed by atoms with Crippen LogP contribution in [0.2, 0.25) is 0 Å². The molecule has 25 heavy (non-hydrogen) atoms. The summed E-state index contributed by atoms with van der Waals surface area (Å²) in [5.74, 6) is 0.581. The Hall–Kier alpha value is -1.88. The second kappa shape index (κ2) is 8.99. The maximum Gasteiger partial charge on any atom is 0.321 e. The second-order valence-electron chi connectivity index (χ2n) is 7.37. The van der Waals surface area contributed by atoms with Gasteiger partial charge >= 0.3 is 6.03 Å². The van der Waals surface area contributed by atoms with Crippen molar-refractivity contribution in [2.24, 2.45) is 5.92 Å². The van der Waals surface area contributed by atoms with E-state index < -0.39 is 6.03 Å². The normalized spacial score (nSPS) is 16.4. The molecule has 1 aromatic carbocycles. The van der Waals surface area contributed by atoms with E-state index in [9.17, 15) is 9.59 Å². The lowest BCUT2D eigenvalue weighted by molar-refractivity contribution is -0.119. The van der Waals surface area contributed by atoms with E-state index in [-0.39, 0.29) is 24.5 Å². The van der Waals surface area contributed by atoms with E-state index in [0.717, 1.165) is 24.8 Å². The summed E-state index contributed by atoms with van der Waals surface area (Å²) in [6, 6.07) is 8.53. The van der Waals surface area contributed by atoms with Crippen LogP contribution in [0, 0.1) is 5.92 Å². The number of amides is 3. The first-order chi connectivity index (χ1) is 11.9. The molecule has 5 nitrogen and oxygen atoms in total. The molecule has 1 fully saturated rings. The molecular formula is C20H31N3O2. The van der Waals surface area contributed by atoms with Crippen molar-refractivity contribution in [1.82, 2.24) is 16.0 Å². The Kier molecular flexibility index (Phi) is 7.00. The highest BCUT2D eigenvalue weighted by molar-refractivity contribution is 5.95. The molecule has 1 aromatic rings. The largest absolute Gasteiger partial charge is 0.335 e. The molecule has 3 amide bonds. The average Bonchev–Trinajstić information content (AvgIpc) is 3.38. The van der Waals surface area contributed by atoms with E-state index >= 15 is 0 Å². The van der Waals surface area contributed by atoms with Gasteiger partial charge in [0, 0.05) is 12.1 Å². The lowest BCUT2D eigenvalue weighted by Crippen LogP contribution is -2.45. The molecule has 1 aliphatic rings. The van der Waals surface area contributed by atoms with Crippen LogP contribution in [0.4, 0.5) is 4.79 Å². The molecular weight excluding hydrogens is 314 g/mol. The van der Waals surface area contributed by atoms with E-state index in [1.54, 1.807) is 0 Å². The summed E-state index contributed by atoms with van der Waals surface area (Å²) in [6.45, 7) is 8.78. The third kappa shape index (κ3) is 6.16. The molecule has 2 atom stereocenters. The molecule has 0 radical (unpaired) electrons. The molecule has 138 valence electrons. The van der Waals surface area contributed by atoms with Crippen LogP contribution >= 0.6 is 0 Å². The van der Waals surface area contributed by atoms with Crippen molar-refractivity contribution in [3.05, 3.63) is 35.4 Å². The third-order valence-corrected chi connectivity index (χ3v) is 4.79. The number of hydrogen-bond acceptors (Lipinski definition) is 3. The van der Waals surface area contributed by atoms with Gasteiger partial charge < -0.3 is 10.6 Å². The Balaban J connectivity index is 1.89. The van der Waals surface area contributed by atoms with Crippen molar-refractivity contribution in [2.75, 3.05) is 6.54 Å². The Morgan fingerprint density at radius 2 is 1.68 bits per heavy atom. The summed E-state index contributed by atoms with van der Waals surface area (Å²) in [7, 11) is 0. The lowest BCUT2D eigenvalue weighted by atomic mass is 9.92. The van der Waals surface area contributed by atoms with Crippen molar-refractivity contribution in [1.29, 1.82) is 0 Å². The molecule has 2 rings (SSSR count). The van der Waals surface area contributed by atoms with Gasteiger partial charge in [-0.1, -0.05) is 52.0 Å². The molecule has 0 bridgehead atoms. The zero-order chi connectivity index (χ0) is 18.4. The van der Waals surface area contributed by atoms with Gasteiger partial charge in [-0.25, -0.2) is 4.79 Å². The van der Waals surface area contributed by atoms with E-state index in [4.69, 9.17) is 0 Å². The topological polar surface area (TPSA) is 70.2 Å². The van der Waals surface area contributed by atoms with Gasteiger partial charge in [0.2, 0.25) is 5.91 Å². The molecule has 3 N–H and O–H groups in total. The van der Waals surface area contributed by atoms with Gasteiger partial charge in [-0.2, -0.15) is 0 Å². The Labute approximate surface area is 151 Å². The van der Waals surface area contributed by atoms with E-state index in [1.165, 1.54) is 5.56 Å². The predicted octanol–water partition coefficient (Wildman–Crippen LogP) is 3.48. The summed E-state index contributed by atoms with van der Waals surface area (Å²) in [5.41, 5.74) is 2.50. The first-order valence-corrected chi connectivity index (χ1v) is 9.34. The number of nitrogens with one attached hydrogen (secondary N) is 3. The Morgan fingerprint density at radius 3 is 2.20 bits per heavy atom. The highest BCUT2D eigenvalue weighted by Gasteiger charge is 2.24.